The fourth-order valence-corrected chi connectivity index (χ4v) is 4.10. The van der Waals surface area contributed by atoms with Gasteiger partial charge < -0.3 is 19.7 Å². The first-order valence-corrected chi connectivity index (χ1v) is 8.91. The fourth-order valence-electron chi connectivity index (χ4n) is 2.85. The molecule has 0 bridgehead atoms. The summed E-state index contributed by atoms with van der Waals surface area (Å²) in [5.41, 5.74) is 3.04. The van der Waals surface area contributed by atoms with Crippen molar-refractivity contribution in [3.63, 3.8) is 0 Å². The summed E-state index contributed by atoms with van der Waals surface area (Å²) in [5, 5.41) is 2.97. The first kappa shape index (κ1) is 15.2. The highest BCUT2D eigenvalue weighted by molar-refractivity contribution is 7.99. The summed E-state index contributed by atoms with van der Waals surface area (Å²) in [6, 6.07) is 13.6. The second kappa shape index (κ2) is 6.28. The Hall–Kier alpha value is -2.34. The van der Waals surface area contributed by atoms with Gasteiger partial charge in [0, 0.05) is 18.0 Å². The van der Waals surface area contributed by atoms with E-state index in [1.54, 1.807) is 11.8 Å². The van der Waals surface area contributed by atoms with Gasteiger partial charge in [-0.05, 0) is 36.8 Å². The van der Waals surface area contributed by atoms with Crippen LogP contribution in [-0.4, -0.2) is 30.0 Å². The highest BCUT2D eigenvalue weighted by Gasteiger charge is 2.31. The van der Waals surface area contributed by atoms with E-state index < -0.39 is 0 Å². The van der Waals surface area contributed by atoms with Crippen molar-refractivity contribution in [1.29, 1.82) is 0 Å². The minimum atomic E-state index is -0.0773. The third kappa shape index (κ3) is 2.89. The van der Waals surface area contributed by atoms with Crippen LogP contribution in [0.25, 0.3) is 0 Å². The molecule has 0 radical (unpaired) electrons. The monoisotopic (exact) mass is 342 g/mol. The molecule has 1 fully saturated rings. The molecule has 2 aromatic carbocycles. The third-order valence-electron chi connectivity index (χ3n) is 4.14. The van der Waals surface area contributed by atoms with E-state index in [4.69, 9.17) is 9.47 Å². The van der Waals surface area contributed by atoms with E-state index in [9.17, 15) is 4.79 Å². The van der Waals surface area contributed by atoms with Crippen molar-refractivity contribution in [1.82, 2.24) is 4.90 Å². The lowest BCUT2D eigenvalue weighted by atomic mass is 10.2. The molecule has 0 aliphatic carbocycles. The summed E-state index contributed by atoms with van der Waals surface area (Å²) >= 11 is 1.76. The summed E-state index contributed by atoms with van der Waals surface area (Å²) in [5.74, 6) is 2.43. The van der Waals surface area contributed by atoms with E-state index >= 15 is 0 Å². The maximum Gasteiger partial charge on any atom is 0.323 e. The first-order chi connectivity index (χ1) is 11.7. The molecule has 4 rings (SSSR count). The van der Waals surface area contributed by atoms with Gasteiger partial charge in [0.2, 0.25) is 6.79 Å². The largest absolute Gasteiger partial charge is 0.454 e. The summed E-state index contributed by atoms with van der Waals surface area (Å²) in [4.78, 5) is 14.5. The molecule has 24 heavy (non-hydrogen) atoms. The molecule has 2 aliphatic rings. The molecule has 1 atom stereocenters. The number of aryl methyl sites for hydroxylation is 1. The normalized spacial score (nSPS) is 18.7. The number of carbonyl (C=O) groups is 1. The van der Waals surface area contributed by atoms with Crippen LogP contribution in [0, 0.1) is 6.92 Å². The summed E-state index contributed by atoms with van der Waals surface area (Å²) < 4.78 is 10.8. The lowest BCUT2D eigenvalue weighted by Gasteiger charge is -2.24. The van der Waals surface area contributed by atoms with Crippen molar-refractivity contribution < 1.29 is 14.3 Å². The number of thioether (sulfide) groups is 1. The molecular formula is C18H18N2O3S. The number of hydrogen-bond donors (Lipinski definition) is 1. The van der Waals surface area contributed by atoms with Crippen LogP contribution in [0.1, 0.15) is 16.5 Å². The number of hydrogen-bond acceptors (Lipinski definition) is 4. The molecule has 2 heterocycles. The number of nitrogens with zero attached hydrogens (tertiary/aromatic N) is 1. The van der Waals surface area contributed by atoms with Crippen molar-refractivity contribution in [3.8, 4) is 11.5 Å². The predicted octanol–water partition coefficient (Wildman–Crippen LogP) is 4.00. The van der Waals surface area contributed by atoms with Crippen LogP contribution in [0.2, 0.25) is 0 Å². The SMILES string of the molecule is Cc1ccc(NC(=O)N2CCSC2c2ccc3c(c2)OCO3)cc1. The van der Waals surface area contributed by atoms with Crippen LogP contribution in [0.5, 0.6) is 11.5 Å². The molecule has 1 unspecified atom stereocenters. The van der Waals surface area contributed by atoms with Gasteiger partial charge in [0.15, 0.2) is 11.5 Å². The average Bonchev–Trinajstić information content (AvgIpc) is 3.25. The molecule has 124 valence electrons. The second-order valence-corrected chi connectivity index (χ2v) is 7.01. The molecule has 1 N–H and O–H groups in total. The lowest BCUT2D eigenvalue weighted by molar-refractivity contribution is 0.174. The van der Waals surface area contributed by atoms with E-state index in [0.29, 0.717) is 0 Å². The van der Waals surface area contributed by atoms with Crippen molar-refractivity contribution in [2.24, 2.45) is 0 Å². The van der Waals surface area contributed by atoms with Gasteiger partial charge in [-0.2, -0.15) is 0 Å². The van der Waals surface area contributed by atoms with Gasteiger partial charge >= 0.3 is 6.03 Å². The Morgan fingerprint density at radius 2 is 1.96 bits per heavy atom. The molecule has 1 saturated heterocycles. The maximum absolute atomic E-state index is 12.7. The second-order valence-electron chi connectivity index (χ2n) is 5.83. The predicted molar refractivity (Wildman–Crippen MR) is 94.7 cm³/mol. The first-order valence-electron chi connectivity index (χ1n) is 7.86. The Bertz CT molecular complexity index is 763. The summed E-state index contributed by atoms with van der Waals surface area (Å²) in [6.07, 6.45) is 0. The minimum Gasteiger partial charge on any atom is -0.454 e. The minimum absolute atomic E-state index is 0.00931. The topological polar surface area (TPSA) is 50.8 Å². The molecule has 2 aliphatic heterocycles. The zero-order chi connectivity index (χ0) is 16.5. The van der Waals surface area contributed by atoms with Gasteiger partial charge in [0.1, 0.15) is 5.37 Å². The Morgan fingerprint density at radius 1 is 1.17 bits per heavy atom. The van der Waals surface area contributed by atoms with Crippen LogP contribution < -0.4 is 14.8 Å². The van der Waals surface area contributed by atoms with E-state index in [-0.39, 0.29) is 18.2 Å². The van der Waals surface area contributed by atoms with Crippen LogP contribution >= 0.6 is 11.8 Å². The van der Waals surface area contributed by atoms with Crippen molar-refractivity contribution in [3.05, 3.63) is 53.6 Å². The fraction of sp³-hybridized carbons (Fsp3) is 0.278. The summed E-state index contributed by atoms with van der Waals surface area (Å²) in [6.45, 7) is 3.01. The number of urea groups is 1. The van der Waals surface area contributed by atoms with Gasteiger partial charge in [-0.3, -0.25) is 0 Å². The van der Waals surface area contributed by atoms with E-state index in [2.05, 4.69) is 5.32 Å². The molecule has 0 saturated carbocycles. The Morgan fingerprint density at radius 3 is 2.79 bits per heavy atom. The summed E-state index contributed by atoms with van der Waals surface area (Å²) in [7, 11) is 0. The number of carbonyl (C=O) groups excluding carboxylic acids is 1. The van der Waals surface area contributed by atoms with Crippen LogP contribution in [-0.2, 0) is 0 Å². The van der Waals surface area contributed by atoms with E-state index in [0.717, 1.165) is 35.0 Å². The van der Waals surface area contributed by atoms with Crippen LogP contribution in [0.3, 0.4) is 0 Å². The quantitative estimate of drug-likeness (QED) is 0.896. The van der Waals surface area contributed by atoms with Crippen LogP contribution in [0.15, 0.2) is 42.5 Å². The highest BCUT2D eigenvalue weighted by atomic mass is 32.2. The third-order valence-corrected chi connectivity index (χ3v) is 5.40. The van der Waals surface area contributed by atoms with Crippen molar-refractivity contribution in [2.45, 2.75) is 12.3 Å². The van der Waals surface area contributed by atoms with Crippen LogP contribution in [0.4, 0.5) is 10.5 Å². The number of nitrogens with one attached hydrogen (secondary N) is 1. The average molecular weight is 342 g/mol. The molecule has 2 aromatic rings. The van der Waals surface area contributed by atoms with E-state index in [1.807, 2.05) is 54.3 Å². The lowest BCUT2D eigenvalue weighted by Crippen LogP contribution is -2.34. The zero-order valence-electron chi connectivity index (χ0n) is 13.3. The standard InChI is InChI=1S/C18H18N2O3S/c1-12-2-5-14(6-3-12)19-18(21)20-8-9-24-17(20)13-4-7-15-16(10-13)23-11-22-15/h2-7,10,17H,8-9,11H2,1H3,(H,19,21). The van der Waals surface area contributed by atoms with Gasteiger partial charge in [-0.1, -0.05) is 23.8 Å². The smallest absolute Gasteiger partial charge is 0.323 e. The molecule has 5 nitrogen and oxygen atoms in total. The molecular weight excluding hydrogens is 324 g/mol. The molecule has 6 heteroatoms. The van der Waals surface area contributed by atoms with Gasteiger partial charge in [0.05, 0.1) is 0 Å². The molecule has 0 spiro atoms. The molecule has 0 aromatic heterocycles. The molecule has 2 amide bonds. The zero-order valence-corrected chi connectivity index (χ0v) is 14.1. The highest BCUT2D eigenvalue weighted by Crippen LogP contribution is 2.42. The van der Waals surface area contributed by atoms with Gasteiger partial charge in [0.25, 0.3) is 0 Å². The van der Waals surface area contributed by atoms with E-state index in [1.165, 1.54) is 5.56 Å². The van der Waals surface area contributed by atoms with Gasteiger partial charge in [-0.15, -0.1) is 11.8 Å². The van der Waals surface area contributed by atoms with Crippen molar-refractivity contribution in [2.75, 3.05) is 24.4 Å². The number of benzene rings is 2. The van der Waals surface area contributed by atoms with Gasteiger partial charge in [-0.25, -0.2) is 4.79 Å². The Labute approximate surface area is 144 Å². The Kier molecular flexibility index (Phi) is 3.98. The maximum atomic E-state index is 12.7. The number of anilines is 1. The number of rotatable bonds is 2. The number of fused-ring (bicyclic) bond motifs is 1. The number of amides is 2. The van der Waals surface area contributed by atoms with Crippen molar-refractivity contribution >= 4 is 23.5 Å². The number of ether oxygens (including phenoxy) is 2. The Balaban J connectivity index is 1.52.